The number of rotatable bonds is 3. The van der Waals surface area contributed by atoms with Crippen LogP contribution in [-0.4, -0.2) is 40.4 Å². The van der Waals surface area contributed by atoms with Crippen molar-refractivity contribution in [2.24, 2.45) is 5.41 Å². The highest BCUT2D eigenvalue weighted by Gasteiger charge is 2.69. The van der Waals surface area contributed by atoms with Crippen molar-refractivity contribution in [3.05, 3.63) is 23.0 Å². The first kappa shape index (κ1) is 17.2. The molecule has 1 fully saturated rings. The van der Waals surface area contributed by atoms with Crippen molar-refractivity contribution in [3.63, 3.8) is 0 Å². The van der Waals surface area contributed by atoms with Crippen molar-refractivity contribution in [2.75, 3.05) is 6.61 Å². The molecule has 0 aromatic heterocycles. The van der Waals surface area contributed by atoms with Crippen LogP contribution in [0.25, 0.3) is 0 Å². The molecular weight excluding hydrogens is 321 g/mol. The van der Waals surface area contributed by atoms with Crippen LogP contribution in [-0.2, 0) is 9.53 Å². The highest BCUT2D eigenvalue weighted by molar-refractivity contribution is 5.89. The zero-order valence-electron chi connectivity index (χ0n) is 14.6. The van der Waals surface area contributed by atoms with Crippen molar-refractivity contribution in [2.45, 2.75) is 65.2 Å². The smallest absolute Gasteiger partial charge is 0.413 e. The third-order valence-corrected chi connectivity index (χ3v) is 5.59. The lowest BCUT2D eigenvalue weighted by molar-refractivity contribution is -0.233. The Morgan fingerprint density at radius 3 is 2.46 bits per heavy atom. The van der Waals surface area contributed by atoms with Crippen LogP contribution >= 0.6 is 0 Å². The molecule has 7 heteroatoms. The molecule has 0 aliphatic carbocycles. The number of esters is 1. The van der Waals surface area contributed by atoms with E-state index in [0.717, 1.165) is 17.5 Å². The largest absolute Gasteiger partial charge is 0.461 e. The Kier molecular flexibility index (Phi) is 3.52. The summed E-state index contributed by atoms with van der Waals surface area (Å²) in [4.78, 5) is 12.3. The van der Waals surface area contributed by atoms with E-state index in [4.69, 9.17) is 4.74 Å². The standard InChI is InChI=1S/C17H23F3N2O2/c1-6-10-12-9-16(5,17(18,19)20)22-11(14(23)24-7-2)8-13(21(12)22)15(10,3)4/h8,13H,6-7,9H2,1-5H3/t13-,16+/m1/s1. The van der Waals surface area contributed by atoms with Gasteiger partial charge in [-0.2, -0.15) is 13.2 Å². The average molecular weight is 344 g/mol. The molecule has 134 valence electrons. The van der Waals surface area contributed by atoms with E-state index in [-0.39, 0.29) is 30.2 Å². The Bertz CT molecular complexity index is 651. The van der Waals surface area contributed by atoms with Crippen LogP contribution in [0.3, 0.4) is 0 Å². The number of hydrazine groups is 1. The molecule has 24 heavy (non-hydrogen) atoms. The minimum Gasteiger partial charge on any atom is -0.461 e. The summed E-state index contributed by atoms with van der Waals surface area (Å²) in [7, 11) is 0. The molecule has 0 aromatic carbocycles. The summed E-state index contributed by atoms with van der Waals surface area (Å²) in [6.45, 7) is 8.95. The number of ether oxygens (including phenoxy) is 1. The number of nitrogens with zero attached hydrogens (tertiary/aromatic N) is 2. The van der Waals surface area contributed by atoms with Gasteiger partial charge in [-0.25, -0.2) is 4.79 Å². The van der Waals surface area contributed by atoms with E-state index < -0.39 is 17.7 Å². The monoisotopic (exact) mass is 344 g/mol. The van der Waals surface area contributed by atoms with Crippen molar-refractivity contribution in [1.82, 2.24) is 10.0 Å². The molecule has 0 unspecified atom stereocenters. The summed E-state index contributed by atoms with van der Waals surface area (Å²) < 4.78 is 46.7. The molecule has 2 atom stereocenters. The van der Waals surface area contributed by atoms with Crippen molar-refractivity contribution >= 4 is 5.97 Å². The van der Waals surface area contributed by atoms with Gasteiger partial charge < -0.3 is 4.74 Å². The Morgan fingerprint density at radius 2 is 1.96 bits per heavy atom. The van der Waals surface area contributed by atoms with Crippen LogP contribution in [0, 0.1) is 5.41 Å². The summed E-state index contributed by atoms with van der Waals surface area (Å²) in [5.74, 6) is -0.697. The summed E-state index contributed by atoms with van der Waals surface area (Å²) in [6, 6.07) is -0.286. The lowest BCUT2D eigenvalue weighted by atomic mass is 9.78. The van der Waals surface area contributed by atoms with Gasteiger partial charge >= 0.3 is 12.1 Å². The van der Waals surface area contributed by atoms with E-state index in [2.05, 4.69) is 0 Å². The van der Waals surface area contributed by atoms with Crippen LogP contribution in [0.1, 0.15) is 47.5 Å². The Balaban J connectivity index is 2.17. The molecule has 0 saturated carbocycles. The molecule has 1 saturated heterocycles. The van der Waals surface area contributed by atoms with Crippen LogP contribution in [0.2, 0.25) is 0 Å². The van der Waals surface area contributed by atoms with Crippen LogP contribution in [0.4, 0.5) is 13.2 Å². The first-order chi connectivity index (χ1) is 11.0. The molecule has 0 bridgehead atoms. The number of alkyl halides is 3. The van der Waals surface area contributed by atoms with Gasteiger partial charge in [0.15, 0.2) is 5.54 Å². The summed E-state index contributed by atoms with van der Waals surface area (Å²) in [6.07, 6.45) is -2.27. The number of carbonyl (C=O) groups excluding carboxylic acids is 1. The van der Waals surface area contributed by atoms with E-state index in [1.165, 1.54) is 0 Å². The third kappa shape index (κ3) is 1.90. The van der Waals surface area contributed by atoms with Gasteiger partial charge in [0.25, 0.3) is 0 Å². The number of hydrogen-bond acceptors (Lipinski definition) is 4. The van der Waals surface area contributed by atoms with Crippen LogP contribution in [0.15, 0.2) is 23.0 Å². The normalized spacial score (nSPS) is 30.8. The van der Waals surface area contributed by atoms with Gasteiger partial charge in [-0.15, -0.1) is 0 Å². The lowest BCUT2D eigenvalue weighted by Crippen LogP contribution is -2.56. The molecule has 4 nitrogen and oxygen atoms in total. The van der Waals surface area contributed by atoms with Gasteiger partial charge in [0.05, 0.1) is 12.6 Å². The van der Waals surface area contributed by atoms with Gasteiger partial charge in [-0.1, -0.05) is 20.8 Å². The van der Waals surface area contributed by atoms with Gasteiger partial charge in [-0.3, -0.25) is 10.0 Å². The zero-order chi connectivity index (χ0) is 18.1. The first-order valence-electron chi connectivity index (χ1n) is 8.28. The molecule has 0 N–H and O–H groups in total. The molecular formula is C17H23F3N2O2. The van der Waals surface area contributed by atoms with E-state index in [1.807, 2.05) is 20.8 Å². The number of carbonyl (C=O) groups is 1. The molecule has 0 amide bonds. The van der Waals surface area contributed by atoms with E-state index in [0.29, 0.717) is 12.1 Å². The van der Waals surface area contributed by atoms with Crippen LogP contribution < -0.4 is 0 Å². The second-order valence-electron chi connectivity index (χ2n) is 7.32. The Hall–Kier alpha value is -1.66. The van der Waals surface area contributed by atoms with Gasteiger partial charge in [0.2, 0.25) is 0 Å². The lowest BCUT2D eigenvalue weighted by Gasteiger charge is -2.41. The van der Waals surface area contributed by atoms with E-state index in [1.54, 1.807) is 18.0 Å². The molecule has 3 rings (SSSR count). The highest BCUT2D eigenvalue weighted by Crippen LogP contribution is 2.61. The third-order valence-electron chi connectivity index (χ3n) is 5.59. The molecule has 3 heterocycles. The van der Waals surface area contributed by atoms with Crippen molar-refractivity contribution < 1.29 is 22.7 Å². The number of hydrogen-bond donors (Lipinski definition) is 0. The van der Waals surface area contributed by atoms with Gasteiger partial charge in [0.1, 0.15) is 5.70 Å². The average Bonchev–Trinajstić information content (AvgIpc) is 3.03. The molecule has 3 aliphatic heterocycles. The van der Waals surface area contributed by atoms with Gasteiger partial charge in [0, 0.05) is 17.5 Å². The summed E-state index contributed by atoms with van der Waals surface area (Å²) in [5.41, 5.74) is -0.719. The van der Waals surface area contributed by atoms with Crippen LogP contribution in [0.5, 0.6) is 0 Å². The van der Waals surface area contributed by atoms with Crippen molar-refractivity contribution in [3.8, 4) is 0 Å². The summed E-state index contributed by atoms with van der Waals surface area (Å²) >= 11 is 0. The molecule has 0 radical (unpaired) electrons. The quantitative estimate of drug-likeness (QED) is 0.730. The minimum atomic E-state index is -4.46. The molecule has 0 spiro atoms. The second-order valence-corrected chi connectivity index (χ2v) is 7.32. The second kappa shape index (κ2) is 4.92. The first-order valence-corrected chi connectivity index (χ1v) is 8.28. The van der Waals surface area contributed by atoms with Gasteiger partial charge in [-0.05, 0) is 31.9 Å². The van der Waals surface area contributed by atoms with Crippen molar-refractivity contribution in [1.29, 1.82) is 0 Å². The fourth-order valence-corrected chi connectivity index (χ4v) is 4.35. The minimum absolute atomic E-state index is 0.0000898. The van der Waals surface area contributed by atoms with E-state index >= 15 is 0 Å². The highest BCUT2D eigenvalue weighted by atomic mass is 19.4. The maximum Gasteiger partial charge on any atom is 0.413 e. The predicted molar refractivity (Wildman–Crippen MR) is 82.4 cm³/mol. The Morgan fingerprint density at radius 1 is 1.33 bits per heavy atom. The maximum atomic E-state index is 13.9. The topological polar surface area (TPSA) is 32.8 Å². The SMILES string of the molecule is CCOC(=O)C1=C[C@H]2N3C(=C(CC)C2(C)C)C[C@@](C)(C(F)(F)F)N13. The molecule has 3 aliphatic rings. The Labute approximate surface area is 139 Å². The summed E-state index contributed by atoms with van der Waals surface area (Å²) in [5, 5.41) is 2.81. The maximum absolute atomic E-state index is 13.9. The fourth-order valence-electron chi connectivity index (χ4n) is 4.35. The molecule has 0 aromatic rings. The number of halogens is 3. The fraction of sp³-hybridized carbons (Fsp3) is 0.706. The predicted octanol–water partition coefficient (Wildman–Crippen LogP) is 3.76. The van der Waals surface area contributed by atoms with E-state index in [9.17, 15) is 18.0 Å². The zero-order valence-corrected chi connectivity index (χ0v) is 14.6.